The lowest BCUT2D eigenvalue weighted by molar-refractivity contribution is 0.101. The average molecular weight is 479 g/mol. The third-order valence-electron chi connectivity index (χ3n) is 5.80. The summed E-state index contributed by atoms with van der Waals surface area (Å²) >= 11 is 3.67. The molecule has 158 valence electrons. The highest BCUT2D eigenvalue weighted by atomic mass is 79.9. The van der Waals surface area contributed by atoms with Crippen LogP contribution < -0.4 is 9.80 Å². The highest BCUT2D eigenvalue weighted by Crippen LogP contribution is 2.30. The van der Waals surface area contributed by atoms with Crippen LogP contribution >= 0.6 is 15.9 Å². The molecule has 0 N–H and O–H groups in total. The number of aryl methyl sites for hydroxylation is 1. The molecule has 0 saturated carbocycles. The Hall–Kier alpha value is -3.13. The molecule has 0 bridgehead atoms. The second-order valence-electron chi connectivity index (χ2n) is 7.83. The van der Waals surface area contributed by atoms with E-state index in [0.29, 0.717) is 0 Å². The van der Waals surface area contributed by atoms with Crippen molar-refractivity contribution in [2.45, 2.75) is 6.92 Å². The predicted molar refractivity (Wildman–Crippen MR) is 126 cm³/mol. The zero-order valence-electron chi connectivity index (χ0n) is 17.5. The Labute approximate surface area is 189 Å². The van der Waals surface area contributed by atoms with Crippen LogP contribution in [0.25, 0.3) is 16.7 Å². The number of benzene rings is 1. The fourth-order valence-corrected chi connectivity index (χ4v) is 4.58. The van der Waals surface area contributed by atoms with Gasteiger partial charge in [-0.05, 0) is 59.3 Å². The second kappa shape index (κ2) is 7.85. The molecule has 0 aliphatic carbocycles. The van der Waals surface area contributed by atoms with E-state index in [2.05, 4.69) is 47.5 Å². The average Bonchev–Trinajstić information content (AvgIpc) is 3.37. The minimum absolute atomic E-state index is 0.0985. The first-order valence-electron chi connectivity index (χ1n) is 10.3. The van der Waals surface area contributed by atoms with Crippen LogP contribution in [-0.2, 0) is 7.05 Å². The van der Waals surface area contributed by atoms with Crippen molar-refractivity contribution in [1.82, 2.24) is 19.3 Å². The zero-order chi connectivity index (χ0) is 21.5. The molecule has 0 spiro atoms. The first kappa shape index (κ1) is 19.8. The summed E-state index contributed by atoms with van der Waals surface area (Å²) in [6.45, 7) is 5.22. The number of anilines is 2. The Morgan fingerprint density at radius 2 is 1.65 bits per heavy atom. The predicted octanol–water partition coefficient (Wildman–Crippen LogP) is 4.05. The molecular formula is C23H23BrN6O. The summed E-state index contributed by atoms with van der Waals surface area (Å²) in [7, 11) is 1.91. The lowest BCUT2D eigenvalue weighted by Crippen LogP contribution is -2.46. The molecule has 7 nitrogen and oxygen atoms in total. The van der Waals surface area contributed by atoms with Crippen molar-refractivity contribution >= 4 is 44.3 Å². The van der Waals surface area contributed by atoms with Gasteiger partial charge < -0.3 is 14.4 Å². The van der Waals surface area contributed by atoms with Gasteiger partial charge in [0.1, 0.15) is 11.3 Å². The fourth-order valence-electron chi connectivity index (χ4n) is 4.08. The number of fused-ring (bicyclic) bond motifs is 1. The van der Waals surface area contributed by atoms with E-state index in [4.69, 9.17) is 4.98 Å². The summed E-state index contributed by atoms with van der Waals surface area (Å²) in [4.78, 5) is 21.1. The van der Waals surface area contributed by atoms with Gasteiger partial charge in [0.15, 0.2) is 5.78 Å². The summed E-state index contributed by atoms with van der Waals surface area (Å²) in [5, 5.41) is 4.28. The van der Waals surface area contributed by atoms with Crippen LogP contribution in [0.2, 0.25) is 0 Å². The molecule has 1 aromatic carbocycles. The van der Waals surface area contributed by atoms with Crippen LogP contribution in [0.1, 0.15) is 17.3 Å². The summed E-state index contributed by atoms with van der Waals surface area (Å²) in [6, 6.07) is 12.1. The minimum Gasteiger partial charge on any atom is -0.368 e. The van der Waals surface area contributed by atoms with Crippen molar-refractivity contribution in [3.8, 4) is 5.69 Å². The maximum absolute atomic E-state index is 11.5. The highest BCUT2D eigenvalue weighted by Gasteiger charge is 2.20. The maximum atomic E-state index is 11.5. The summed E-state index contributed by atoms with van der Waals surface area (Å²) in [6.07, 6.45) is 5.88. The molecular weight excluding hydrogens is 456 g/mol. The standard InChI is InChI=1S/C23H23BrN6O/c1-16(31)17-3-5-18(6-4-17)28-9-11-29(12-10-28)22-8-7-21-23(26-22)20(24)15-30(21)19-13-25-27(2)14-19/h3-8,13-15H,9-12H2,1-2H3. The first-order valence-corrected chi connectivity index (χ1v) is 11.1. The van der Waals surface area contributed by atoms with E-state index in [1.165, 1.54) is 0 Å². The largest absolute Gasteiger partial charge is 0.368 e. The molecule has 1 fully saturated rings. The molecule has 3 aromatic heterocycles. The minimum atomic E-state index is 0.0985. The van der Waals surface area contributed by atoms with E-state index in [-0.39, 0.29) is 5.78 Å². The van der Waals surface area contributed by atoms with Gasteiger partial charge in [-0.3, -0.25) is 9.48 Å². The zero-order valence-corrected chi connectivity index (χ0v) is 19.1. The number of carbonyl (C=O) groups is 1. The summed E-state index contributed by atoms with van der Waals surface area (Å²) < 4.78 is 4.87. The Morgan fingerprint density at radius 3 is 2.29 bits per heavy atom. The number of hydrogen-bond donors (Lipinski definition) is 0. The quantitative estimate of drug-likeness (QED) is 0.414. The Bertz CT molecular complexity index is 1250. The second-order valence-corrected chi connectivity index (χ2v) is 8.69. The van der Waals surface area contributed by atoms with Gasteiger partial charge in [-0.25, -0.2) is 4.98 Å². The van der Waals surface area contributed by atoms with Crippen molar-refractivity contribution in [2.75, 3.05) is 36.0 Å². The molecule has 1 saturated heterocycles. The van der Waals surface area contributed by atoms with E-state index in [9.17, 15) is 4.79 Å². The van der Waals surface area contributed by atoms with Gasteiger partial charge in [0, 0.05) is 56.9 Å². The number of rotatable bonds is 4. The van der Waals surface area contributed by atoms with E-state index < -0.39 is 0 Å². The number of carbonyl (C=O) groups excluding carboxylic acids is 1. The number of Topliss-reactive ketones (excluding diaryl/α,β-unsaturated/α-hetero) is 1. The Morgan fingerprint density at radius 1 is 0.935 bits per heavy atom. The molecule has 1 aliphatic heterocycles. The molecule has 31 heavy (non-hydrogen) atoms. The van der Waals surface area contributed by atoms with Crippen LogP contribution in [-0.4, -0.2) is 51.3 Å². The highest BCUT2D eigenvalue weighted by molar-refractivity contribution is 9.10. The third kappa shape index (κ3) is 3.72. The van der Waals surface area contributed by atoms with Gasteiger partial charge in [-0.1, -0.05) is 0 Å². The van der Waals surface area contributed by atoms with Gasteiger partial charge in [0.2, 0.25) is 0 Å². The van der Waals surface area contributed by atoms with Crippen molar-refractivity contribution in [1.29, 1.82) is 0 Å². The van der Waals surface area contributed by atoms with Crippen molar-refractivity contribution < 1.29 is 4.79 Å². The summed E-state index contributed by atoms with van der Waals surface area (Å²) in [5.41, 5.74) is 4.92. The van der Waals surface area contributed by atoms with Crippen LogP contribution in [0.4, 0.5) is 11.5 Å². The molecule has 4 aromatic rings. The molecule has 0 radical (unpaired) electrons. The summed E-state index contributed by atoms with van der Waals surface area (Å²) in [5.74, 6) is 1.09. The molecule has 5 rings (SSSR count). The van der Waals surface area contributed by atoms with Crippen LogP contribution in [0, 0.1) is 0 Å². The normalized spacial score (nSPS) is 14.4. The smallest absolute Gasteiger partial charge is 0.159 e. The molecule has 1 aliphatic rings. The van der Waals surface area contributed by atoms with Gasteiger partial charge in [-0.2, -0.15) is 5.10 Å². The van der Waals surface area contributed by atoms with Crippen LogP contribution in [0.15, 0.2) is 59.5 Å². The monoisotopic (exact) mass is 478 g/mol. The Kier molecular flexibility index (Phi) is 5.02. The lowest BCUT2D eigenvalue weighted by atomic mass is 10.1. The number of pyridine rings is 1. The number of nitrogens with zero attached hydrogens (tertiary/aromatic N) is 6. The fraction of sp³-hybridized carbons (Fsp3) is 0.261. The number of hydrogen-bond acceptors (Lipinski definition) is 5. The van der Waals surface area contributed by atoms with E-state index >= 15 is 0 Å². The number of ketones is 1. The first-order chi connectivity index (χ1) is 15.0. The van der Waals surface area contributed by atoms with Crippen LogP contribution in [0.5, 0.6) is 0 Å². The SMILES string of the molecule is CC(=O)c1ccc(N2CCN(c3ccc4c(n3)c(Br)cn4-c3cnn(C)c3)CC2)cc1. The molecule has 0 amide bonds. The number of aromatic nitrogens is 4. The Balaban J connectivity index is 1.34. The molecule has 0 unspecified atom stereocenters. The number of halogens is 1. The molecule has 8 heteroatoms. The maximum Gasteiger partial charge on any atom is 0.159 e. The van der Waals surface area contributed by atoms with Gasteiger partial charge in [0.25, 0.3) is 0 Å². The van der Waals surface area contributed by atoms with Crippen molar-refractivity contribution in [3.63, 3.8) is 0 Å². The molecule has 4 heterocycles. The van der Waals surface area contributed by atoms with E-state index in [1.807, 2.05) is 49.9 Å². The van der Waals surface area contributed by atoms with Gasteiger partial charge in [0.05, 0.1) is 21.9 Å². The van der Waals surface area contributed by atoms with E-state index in [1.54, 1.807) is 11.6 Å². The van der Waals surface area contributed by atoms with Gasteiger partial charge >= 0.3 is 0 Å². The van der Waals surface area contributed by atoms with Gasteiger partial charge in [-0.15, -0.1) is 0 Å². The van der Waals surface area contributed by atoms with Crippen molar-refractivity contribution in [2.24, 2.45) is 7.05 Å². The lowest BCUT2D eigenvalue weighted by Gasteiger charge is -2.36. The van der Waals surface area contributed by atoms with E-state index in [0.717, 1.165) is 64.4 Å². The third-order valence-corrected chi connectivity index (χ3v) is 6.38. The van der Waals surface area contributed by atoms with Crippen LogP contribution in [0.3, 0.4) is 0 Å². The van der Waals surface area contributed by atoms with Crippen molar-refractivity contribution in [3.05, 3.63) is 65.0 Å². The number of piperazine rings is 1. The molecule has 0 atom stereocenters. The topological polar surface area (TPSA) is 59.2 Å².